The lowest BCUT2D eigenvalue weighted by molar-refractivity contribution is -0.155. The van der Waals surface area contributed by atoms with E-state index in [0.717, 1.165) is 4.90 Å². The third kappa shape index (κ3) is 3.69. The minimum atomic E-state index is -1.37. The number of piperidine rings is 1. The number of amides is 3. The molecule has 3 aliphatic heterocycles. The van der Waals surface area contributed by atoms with Crippen LogP contribution in [0, 0.1) is 11.7 Å². The van der Waals surface area contributed by atoms with Crippen molar-refractivity contribution in [2.75, 3.05) is 26.7 Å². The molecule has 2 fully saturated rings. The molecule has 0 aromatic heterocycles. The van der Waals surface area contributed by atoms with Gasteiger partial charge in [0.05, 0.1) is 17.7 Å². The normalized spacial score (nSPS) is 24.4. The highest BCUT2D eigenvalue weighted by molar-refractivity contribution is 6.43. The summed E-state index contributed by atoms with van der Waals surface area (Å²) in [6.45, 7) is 0.372. The Morgan fingerprint density at radius 2 is 1.91 bits per heavy atom. The maximum atomic E-state index is 13.5. The van der Waals surface area contributed by atoms with Gasteiger partial charge in [-0.3, -0.25) is 24.1 Å². The molecule has 3 aliphatic rings. The van der Waals surface area contributed by atoms with Crippen molar-refractivity contribution < 1.29 is 28.7 Å². The smallest absolute Gasteiger partial charge is 0.296 e. The monoisotopic (exact) mass is 463 g/mol. The molecule has 0 radical (unpaired) electrons. The zero-order chi connectivity index (χ0) is 23.2. The Labute approximate surface area is 189 Å². The lowest BCUT2D eigenvalue weighted by Crippen LogP contribution is -2.59. The molecule has 0 bridgehead atoms. The highest BCUT2D eigenvalue weighted by Crippen LogP contribution is 2.37. The van der Waals surface area contributed by atoms with Gasteiger partial charge in [0.1, 0.15) is 17.4 Å². The van der Waals surface area contributed by atoms with Crippen molar-refractivity contribution in [1.82, 2.24) is 14.7 Å². The zero-order valence-electron chi connectivity index (χ0n) is 17.5. The molecule has 0 saturated carbocycles. The molecule has 0 spiro atoms. The molecule has 8 nitrogen and oxygen atoms in total. The standard InChI is InChI=1S/C22H23ClFN3O5/c1-25-7-2-3-13(11-28)27-18(21(25)31)14-6-8-26(20(30)17(14)19(29)22(27)32)10-12-4-5-16(24)15(23)9-12/h4-5,9,13,17,28H,2-3,6-8,10-11H2,1H3/t13-,17?/m1/s1. The van der Waals surface area contributed by atoms with Gasteiger partial charge in [0.15, 0.2) is 0 Å². The third-order valence-electron chi connectivity index (χ3n) is 6.31. The predicted molar refractivity (Wildman–Crippen MR) is 112 cm³/mol. The summed E-state index contributed by atoms with van der Waals surface area (Å²) in [5.41, 5.74) is 0.947. The van der Waals surface area contributed by atoms with Crippen molar-refractivity contribution >= 4 is 35.1 Å². The second-order valence-corrected chi connectivity index (χ2v) is 8.72. The summed E-state index contributed by atoms with van der Waals surface area (Å²) >= 11 is 5.83. The summed E-state index contributed by atoms with van der Waals surface area (Å²) < 4.78 is 13.5. The molecule has 1 aromatic carbocycles. The first-order chi connectivity index (χ1) is 15.2. The van der Waals surface area contributed by atoms with Crippen molar-refractivity contribution in [1.29, 1.82) is 0 Å². The van der Waals surface area contributed by atoms with Gasteiger partial charge in [-0.25, -0.2) is 4.39 Å². The van der Waals surface area contributed by atoms with Crippen LogP contribution in [0.15, 0.2) is 29.5 Å². The molecular formula is C22H23ClFN3O5. The van der Waals surface area contributed by atoms with E-state index in [0.29, 0.717) is 30.5 Å². The van der Waals surface area contributed by atoms with Crippen LogP contribution in [0.25, 0.3) is 0 Å². The Hall–Kier alpha value is -2.78. The molecule has 1 aromatic rings. The fourth-order valence-electron chi connectivity index (χ4n) is 4.62. The minimum Gasteiger partial charge on any atom is -0.394 e. The molecule has 170 valence electrons. The maximum Gasteiger partial charge on any atom is 0.296 e. The average Bonchev–Trinajstić information content (AvgIpc) is 2.76. The SMILES string of the molecule is CN1CCC[C@H](CO)N2C(=O)C(=O)C3C(=O)N(Cc4ccc(F)c(Cl)c4)CCC3=C2C1=O. The van der Waals surface area contributed by atoms with Gasteiger partial charge in [0.25, 0.3) is 11.8 Å². The van der Waals surface area contributed by atoms with Crippen molar-refractivity contribution in [3.8, 4) is 0 Å². The summed E-state index contributed by atoms with van der Waals surface area (Å²) in [6, 6.07) is 3.41. The number of aliphatic hydroxyl groups excluding tert-OH is 1. The van der Waals surface area contributed by atoms with Crippen LogP contribution in [0.5, 0.6) is 0 Å². The van der Waals surface area contributed by atoms with E-state index in [1.165, 1.54) is 28.0 Å². The first-order valence-corrected chi connectivity index (χ1v) is 10.8. The first kappa shape index (κ1) is 22.4. The van der Waals surface area contributed by atoms with E-state index in [1.54, 1.807) is 7.05 Å². The maximum absolute atomic E-state index is 13.5. The number of fused-ring (bicyclic) bond motifs is 2. The number of carbonyl (C=O) groups is 4. The third-order valence-corrected chi connectivity index (χ3v) is 6.60. The Kier molecular flexibility index (Phi) is 6.05. The van der Waals surface area contributed by atoms with E-state index in [2.05, 4.69) is 0 Å². The molecule has 0 aliphatic carbocycles. The number of ketones is 1. The van der Waals surface area contributed by atoms with Gasteiger partial charge in [-0.2, -0.15) is 0 Å². The van der Waals surface area contributed by atoms with Crippen LogP contribution >= 0.6 is 11.6 Å². The number of halogens is 2. The van der Waals surface area contributed by atoms with Crippen LogP contribution in [-0.2, 0) is 25.7 Å². The quantitative estimate of drug-likeness (QED) is 0.535. The summed E-state index contributed by atoms with van der Waals surface area (Å²) in [5, 5.41) is 9.76. The number of Topliss-reactive ketones (excluding diaryl/α,β-unsaturated/α-hetero) is 1. The summed E-state index contributed by atoms with van der Waals surface area (Å²) in [7, 11) is 1.61. The Bertz CT molecular complexity index is 1040. The number of hydrogen-bond acceptors (Lipinski definition) is 5. The Morgan fingerprint density at radius 1 is 1.16 bits per heavy atom. The molecule has 4 rings (SSSR count). The van der Waals surface area contributed by atoms with Gasteiger partial charge in [-0.15, -0.1) is 0 Å². The summed E-state index contributed by atoms with van der Waals surface area (Å²) in [5.74, 6) is -4.80. The van der Waals surface area contributed by atoms with E-state index in [9.17, 15) is 28.7 Å². The number of likely N-dealkylation sites (N-methyl/N-ethyl adjacent to an activating group) is 1. The molecule has 1 unspecified atom stereocenters. The van der Waals surface area contributed by atoms with Crippen molar-refractivity contribution in [3.05, 3.63) is 45.9 Å². The molecule has 3 amide bonds. The van der Waals surface area contributed by atoms with Gasteiger partial charge in [-0.1, -0.05) is 17.7 Å². The zero-order valence-corrected chi connectivity index (χ0v) is 18.3. The number of nitrogens with zero attached hydrogens (tertiary/aromatic N) is 3. The van der Waals surface area contributed by atoms with E-state index in [-0.39, 0.29) is 36.8 Å². The lowest BCUT2D eigenvalue weighted by atomic mass is 9.80. The first-order valence-electron chi connectivity index (χ1n) is 10.4. The van der Waals surface area contributed by atoms with Crippen molar-refractivity contribution in [2.45, 2.75) is 31.8 Å². The Balaban J connectivity index is 1.72. The van der Waals surface area contributed by atoms with Crippen LogP contribution < -0.4 is 0 Å². The molecule has 1 N–H and O–H groups in total. The van der Waals surface area contributed by atoms with E-state index < -0.39 is 41.3 Å². The van der Waals surface area contributed by atoms with Crippen LogP contribution in [-0.4, -0.2) is 76.1 Å². The van der Waals surface area contributed by atoms with Crippen LogP contribution in [0.4, 0.5) is 4.39 Å². The number of hydrogen-bond donors (Lipinski definition) is 1. The minimum absolute atomic E-state index is 0.0404. The number of rotatable bonds is 3. The number of likely N-dealkylation sites (tertiary alicyclic amines) is 1. The van der Waals surface area contributed by atoms with Gasteiger partial charge in [-0.05, 0) is 42.5 Å². The fraction of sp³-hybridized carbons (Fsp3) is 0.455. The predicted octanol–water partition coefficient (Wildman–Crippen LogP) is 1.11. The summed E-state index contributed by atoms with van der Waals surface area (Å²) in [4.78, 5) is 56.5. The van der Waals surface area contributed by atoms with Gasteiger partial charge in [0.2, 0.25) is 11.7 Å². The molecule has 3 heterocycles. The average molecular weight is 464 g/mol. The highest BCUT2D eigenvalue weighted by Gasteiger charge is 2.51. The molecule has 10 heteroatoms. The lowest BCUT2D eigenvalue weighted by Gasteiger charge is -2.44. The van der Waals surface area contributed by atoms with E-state index in [4.69, 9.17) is 11.6 Å². The number of benzene rings is 1. The molecule has 2 saturated heterocycles. The second kappa shape index (κ2) is 8.63. The fourth-order valence-corrected chi connectivity index (χ4v) is 4.82. The van der Waals surface area contributed by atoms with E-state index >= 15 is 0 Å². The molecule has 32 heavy (non-hydrogen) atoms. The largest absolute Gasteiger partial charge is 0.394 e. The molecule has 2 atom stereocenters. The van der Waals surface area contributed by atoms with Crippen molar-refractivity contribution in [2.24, 2.45) is 5.92 Å². The van der Waals surface area contributed by atoms with Gasteiger partial charge < -0.3 is 14.9 Å². The van der Waals surface area contributed by atoms with Gasteiger partial charge >= 0.3 is 0 Å². The number of aliphatic hydroxyl groups is 1. The summed E-state index contributed by atoms with van der Waals surface area (Å²) in [6.07, 6.45) is 1.23. The highest BCUT2D eigenvalue weighted by atomic mass is 35.5. The van der Waals surface area contributed by atoms with Crippen molar-refractivity contribution in [3.63, 3.8) is 0 Å². The van der Waals surface area contributed by atoms with Crippen LogP contribution in [0.1, 0.15) is 24.8 Å². The number of carbonyl (C=O) groups excluding carboxylic acids is 4. The second-order valence-electron chi connectivity index (χ2n) is 8.31. The van der Waals surface area contributed by atoms with E-state index in [1.807, 2.05) is 0 Å². The van der Waals surface area contributed by atoms with Gasteiger partial charge in [0, 0.05) is 26.7 Å². The molecular weight excluding hydrogens is 441 g/mol. The van der Waals surface area contributed by atoms with Crippen LogP contribution in [0.2, 0.25) is 5.02 Å². The van der Waals surface area contributed by atoms with Crippen LogP contribution in [0.3, 0.4) is 0 Å². The topological polar surface area (TPSA) is 98.2 Å². The Morgan fingerprint density at radius 3 is 2.59 bits per heavy atom.